The summed E-state index contributed by atoms with van der Waals surface area (Å²) < 4.78 is 5.02. The Bertz CT molecular complexity index is 396. The second kappa shape index (κ2) is 8.06. The minimum atomic E-state index is 0.765. The monoisotopic (exact) mass is 247 g/mol. The molecule has 2 nitrogen and oxygen atoms in total. The zero-order valence-electron chi connectivity index (χ0n) is 12.0. The number of hydrogen-bond acceptors (Lipinski definition) is 2. The highest BCUT2D eigenvalue weighted by Gasteiger charge is 1.97. The van der Waals surface area contributed by atoms with E-state index in [-0.39, 0.29) is 0 Å². The summed E-state index contributed by atoms with van der Waals surface area (Å²) in [5, 5.41) is 3.39. The number of ether oxygens (including phenoxy) is 1. The first-order chi connectivity index (χ1) is 8.67. The first-order valence-electron chi connectivity index (χ1n) is 6.63. The van der Waals surface area contributed by atoms with Gasteiger partial charge in [0, 0.05) is 20.2 Å². The van der Waals surface area contributed by atoms with Crippen LogP contribution < -0.4 is 5.32 Å². The zero-order valence-corrected chi connectivity index (χ0v) is 12.0. The quantitative estimate of drug-likeness (QED) is 0.746. The molecule has 0 radical (unpaired) electrons. The van der Waals surface area contributed by atoms with Gasteiger partial charge in [-0.15, -0.1) is 0 Å². The topological polar surface area (TPSA) is 21.3 Å². The number of benzene rings is 1. The standard InChI is InChI=1S/C16H25NO/c1-5-15(12-17-8-9-18-4)11-16-7-6-13(2)14(3)10-16/h6-7,10-11,17H,5,8-9,12H2,1-4H3. The summed E-state index contributed by atoms with van der Waals surface area (Å²) in [6.07, 6.45) is 3.36. The maximum Gasteiger partial charge on any atom is 0.0587 e. The Balaban J connectivity index is 2.62. The third kappa shape index (κ3) is 5.03. The summed E-state index contributed by atoms with van der Waals surface area (Å²) in [4.78, 5) is 0. The van der Waals surface area contributed by atoms with Crippen LogP contribution in [-0.4, -0.2) is 26.8 Å². The van der Waals surface area contributed by atoms with Crippen LogP contribution in [0.25, 0.3) is 6.08 Å². The molecular weight excluding hydrogens is 222 g/mol. The fraction of sp³-hybridized carbons (Fsp3) is 0.500. The second-order valence-electron chi connectivity index (χ2n) is 4.67. The van der Waals surface area contributed by atoms with Crippen molar-refractivity contribution in [1.29, 1.82) is 0 Å². The molecule has 0 bridgehead atoms. The summed E-state index contributed by atoms with van der Waals surface area (Å²) in [5.41, 5.74) is 5.42. The minimum Gasteiger partial charge on any atom is -0.383 e. The van der Waals surface area contributed by atoms with Crippen molar-refractivity contribution < 1.29 is 4.74 Å². The summed E-state index contributed by atoms with van der Waals surface area (Å²) in [5.74, 6) is 0. The molecule has 1 aromatic carbocycles. The van der Waals surface area contributed by atoms with Crippen LogP contribution in [0.1, 0.15) is 30.0 Å². The van der Waals surface area contributed by atoms with E-state index in [0.29, 0.717) is 0 Å². The molecule has 1 rings (SSSR count). The number of nitrogens with one attached hydrogen (secondary N) is 1. The first kappa shape index (κ1) is 14.9. The molecule has 0 saturated carbocycles. The van der Waals surface area contributed by atoms with Crippen LogP contribution in [0.3, 0.4) is 0 Å². The van der Waals surface area contributed by atoms with Crippen LogP contribution in [0.4, 0.5) is 0 Å². The third-order valence-electron chi connectivity index (χ3n) is 3.19. The lowest BCUT2D eigenvalue weighted by Gasteiger charge is -2.08. The average molecular weight is 247 g/mol. The first-order valence-corrected chi connectivity index (χ1v) is 6.63. The predicted molar refractivity (Wildman–Crippen MR) is 78.9 cm³/mol. The Hall–Kier alpha value is -1.12. The maximum atomic E-state index is 5.02. The highest BCUT2D eigenvalue weighted by molar-refractivity contribution is 5.55. The lowest BCUT2D eigenvalue weighted by molar-refractivity contribution is 0.200. The van der Waals surface area contributed by atoms with E-state index in [1.54, 1.807) is 7.11 Å². The smallest absolute Gasteiger partial charge is 0.0587 e. The van der Waals surface area contributed by atoms with E-state index in [9.17, 15) is 0 Å². The molecule has 0 saturated heterocycles. The average Bonchev–Trinajstić information content (AvgIpc) is 2.37. The van der Waals surface area contributed by atoms with Gasteiger partial charge in [-0.1, -0.05) is 36.8 Å². The van der Waals surface area contributed by atoms with Gasteiger partial charge in [0.15, 0.2) is 0 Å². The summed E-state index contributed by atoms with van der Waals surface area (Å²) in [6, 6.07) is 6.63. The van der Waals surface area contributed by atoms with Crippen molar-refractivity contribution in [3.8, 4) is 0 Å². The molecule has 0 aromatic heterocycles. The van der Waals surface area contributed by atoms with E-state index in [2.05, 4.69) is 50.4 Å². The Morgan fingerprint density at radius 2 is 2.06 bits per heavy atom. The van der Waals surface area contributed by atoms with Crippen LogP contribution in [0.15, 0.2) is 23.8 Å². The van der Waals surface area contributed by atoms with Crippen LogP contribution in [-0.2, 0) is 4.74 Å². The molecule has 0 amide bonds. The normalized spacial score (nSPS) is 11.9. The summed E-state index contributed by atoms with van der Waals surface area (Å²) in [7, 11) is 1.73. The van der Waals surface area contributed by atoms with Gasteiger partial charge in [-0.25, -0.2) is 0 Å². The molecule has 0 fully saturated rings. The van der Waals surface area contributed by atoms with Gasteiger partial charge in [0.05, 0.1) is 6.61 Å². The van der Waals surface area contributed by atoms with Gasteiger partial charge in [-0.05, 0) is 37.0 Å². The molecule has 18 heavy (non-hydrogen) atoms. The van der Waals surface area contributed by atoms with E-state index in [1.807, 2.05) is 0 Å². The molecule has 0 atom stereocenters. The fourth-order valence-corrected chi connectivity index (χ4v) is 1.79. The van der Waals surface area contributed by atoms with Gasteiger partial charge in [0.25, 0.3) is 0 Å². The van der Waals surface area contributed by atoms with Crippen LogP contribution in [0.2, 0.25) is 0 Å². The lowest BCUT2D eigenvalue weighted by Crippen LogP contribution is -2.21. The molecule has 100 valence electrons. The van der Waals surface area contributed by atoms with Gasteiger partial charge in [-0.3, -0.25) is 0 Å². The maximum absolute atomic E-state index is 5.02. The molecular formula is C16H25NO. The Kier molecular flexibility index (Phi) is 6.69. The Morgan fingerprint density at radius 3 is 2.67 bits per heavy atom. The minimum absolute atomic E-state index is 0.765. The lowest BCUT2D eigenvalue weighted by atomic mass is 10.0. The van der Waals surface area contributed by atoms with Crippen LogP contribution >= 0.6 is 0 Å². The number of methoxy groups -OCH3 is 1. The van der Waals surface area contributed by atoms with Crippen molar-refractivity contribution >= 4 is 6.08 Å². The van der Waals surface area contributed by atoms with Gasteiger partial charge in [0.2, 0.25) is 0 Å². The molecule has 0 aliphatic heterocycles. The molecule has 1 N–H and O–H groups in total. The molecule has 0 aliphatic carbocycles. The van der Waals surface area contributed by atoms with Crippen molar-refractivity contribution in [3.63, 3.8) is 0 Å². The van der Waals surface area contributed by atoms with Crippen molar-refractivity contribution in [2.45, 2.75) is 27.2 Å². The van der Waals surface area contributed by atoms with E-state index in [4.69, 9.17) is 4.74 Å². The van der Waals surface area contributed by atoms with Crippen molar-refractivity contribution in [2.75, 3.05) is 26.8 Å². The summed E-state index contributed by atoms with van der Waals surface area (Å²) >= 11 is 0. The molecule has 0 unspecified atom stereocenters. The van der Waals surface area contributed by atoms with E-state index < -0.39 is 0 Å². The Morgan fingerprint density at radius 1 is 1.28 bits per heavy atom. The number of rotatable bonds is 7. The molecule has 2 heteroatoms. The van der Waals surface area contributed by atoms with Gasteiger partial charge < -0.3 is 10.1 Å². The van der Waals surface area contributed by atoms with Crippen molar-refractivity contribution in [1.82, 2.24) is 5.32 Å². The molecule has 0 aliphatic rings. The SMILES string of the molecule is CCC(=Cc1ccc(C)c(C)c1)CNCCOC. The third-order valence-corrected chi connectivity index (χ3v) is 3.19. The fourth-order valence-electron chi connectivity index (χ4n) is 1.79. The largest absolute Gasteiger partial charge is 0.383 e. The van der Waals surface area contributed by atoms with Crippen LogP contribution in [0, 0.1) is 13.8 Å². The number of hydrogen-bond donors (Lipinski definition) is 1. The van der Waals surface area contributed by atoms with E-state index in [1.165, 1.54) is 22.3 Å². The highest BCUT2D eigenvalue weighted by atomic mass is 16.5. The van der Waals surface area contributed by atoms with E-state index >= 15 is 0 Å². The van der Waals surface area contributed by atoms with Crippen molar-refractivity contribution in [3.05, 3.63) is 40.5 Å². The Labute approximate surface area is 111 Å². The van der Waals surface area contributed by atoms with Crippen molar-refractivity contribution in [2.24, 2.45) is 0 Å². The molecule has 0 heterocycles. The second-order valence-corrected chi connectivity index (χ2v) is 4.67. The van der Waals surface area contributed by atoms with Crippen LogP contribution in [0.5, 0.6) is 0 Å². The van der Waals surface area contributed by atoms with Gasteiger partial charge in [-0.2, -0.15) is 0 Å². The van der Waals surface area contributed by atoms with Gasteiger partial charge >= 0.3 is 0 Å². The summed E-state index contributed by atoms with van der Waals surface area (Å²) in [6.45, 7) is 9.12. The molecule has 1 aromatic rings. The predicted octanol–water partition coefficient (Wildman–Crippen LogP) is 3.33. The van der Waals surface area contributed by atoms with Gasteiger partial charge in [0.1, 0.15) is 0 Å². The zero-order chi connectivity index (χ0) is 13.4. The highest BCUT2D eigenvalue weighted by Crippen LogP contribution is 2.14. The molecule has 0 spiro atoms. The van der Waals surface area contributed by atoms with E-state index in [0.717, 1.165) is 26.1 Å². The number of aryl methyl sites for hydroxylation is 2.